The molecule has 1 N–H and O–H groups in total. The van der Waals surface area contributed by atoms with Crippen LogP contribution in [-0.4, -0.2) is 46.9 Å². The number of morpholine rings is 1. The van der Waals surface area contributed by atoms with E-state index in [0.717, 1.165) is 41.2 Å². The first-order chi connectivity index (χ1) is 16.0. The van der Waals surface area contributed by atoms with Gasteiger partial charge < -0.3 is 14.7 Å². The third kappa shape index (κ3) is 4.17. The maximum atomic E-state index is 13.0. The molecule has 1 aliphatic heterocycles. The average Bonchev–Trinajstić information content (AvgIpc) is 3.24. The summed E-state index contributed by atoms with van der Waals surface area (Å²) in [5.74, 6) is -1.13. The van der Waals surface area contributed by atoms with Crippen molar-refractivity contribution in [1.29, 1.82) is 0 Å². The van der Waals surface area contributed by atoms with E-state index in [2.05, 4.69) is 22.0 Å². The van der Waals surface area contributed by atoms with Gasteiger partial charge in [-0.15, -0.1) is 0 Å². The third-order valence-electron chi connectivity index (χ3n) is 6.06. The van der Waals surface area contributed by atoms with E-state index in [0.29, 0.717) is 30.2 Å². The molecule has 2 aromatic heterocycles. The molecule has 33 heavy (non-hydrogen) atoms. The lowest BCUT2D eigenvalue weighted by Gasteiger charge is -2.29. The van der Waals surface area contributed by atoms with E-state index >= 15 is 0 Å². The number of ether oxygens (including phenoxy) is 1. The van der Waals surface area contributed by atoms with E-state index in [1.807, 2.05) is 6.20 Å². The Bertz CT molecular complexity index is 1310. The number of hydrogen-bond acceptors (Lipinski definition) is 5. The van der Waals surface area contributed by atoms with Crippen LogP contribution in [-0.2, 0) is 16.0 Å². The van der Waals surface area contributed by atoms with Crippen molar-refractivity contribution in [2.24, 2.45) is 0 Å². The molecule has 1 aromatic carbocycles. The highest BCUT2D eigenvalue weighted by Crippen LogP contribution is 2.34. The van der Waals surface area contributed by atoms with Crippen molar-refractivity contribution in [3.63, 3.8) is 0 Å². The summed E-state index contributed by atoms with van der Waals surface area (Å²) < 4.78 is 6.66. The Labute approximate surface area is 195 Å². The van der Waals surface area contributed by atoms with Gasteiger partial charge >= 0.3 is 5.97 Å². The molecule has 0 amide bonds. The normalized spacial score (nSPS) is 16.3. The Kier molecular flexibility index (Phi) is 5.74. The fourth-order valence-electron chi connectivity index (χ4n) is 4.42. The predicted octanol–water partition coefficient (Wildman–Crippen LogP) is 3.40. The number of carboxylic acid groups (broad SMARTS) is 1. The molecule has 0 radical (unpaired) electrons. The van der Waals surface area contributed by atoms with Gasteiger partial charge in [0.05, 0.1) is 30.8 Å². The van der Waals surface area contributed by atoms with Crippen molar-refractivity contribution in [1.82, 2.24) is 9.55 Å². The predicted molar refractivity (Wildman–Crippen MR) is 126 cm³/mol. The Morgan fingerprint density at radius 2 is 1.97 bits per heavy atom. The van der Waals surface area contributed by atoms with Crippen LogP contribution < -0.4 is 10.5 Å². The second-order valence-electron chi connectivity index (χ2n) is 8.07. The summed E-state index contributed by atoms with van der Waals surface area (Å²) in [5, 5.41) is 10.2. The minimum absolute atomic E-state index is 0.397. The van der Waals surface area contributed by atoms with Gasteiger partial charge in [0.1, 0.15) is 0 Å². The molecule has 0 spiro atoms. The maximum Gasteiger partial charge on any atom is 0.331 e. The number of benzene rings is 1. The number of hydrogen-bond donors (Lipinski definition) is 1. The molecule has 1 saturated heterocycles. The number of rotatable bonds is 5. The monoisotopic (exact) mass is 463 g/mol. The summed E-state index contributed by atoms with van der Waals surface area (Å²) >= 11 is 6.04. The van der Waals surface area contributed by atoms with Crippen LogP contribution in [0.1, 0.15) is 28.4 Å². The molecule has 7 nitrogen and oxygen atoms in total. The number of fused-ring (bicyclic) bond motifs is 1. The van der Waals surface area contributed by atoms with Gasteiger partial charge in [0.15, 0.2) is 6.04 Å². The molecule has 3 heterocycles. The summed E-state index contributed by atoms with van der Waals surface area (Å²) in [6, 6.07) is 10.8. The minimum atomic E-state index is -1.16. The molecule has 0 bridgehead atoms. The number of carboxylic acids is 1. The van der Waals surface area contributed by atoms with Crippen molar-refractivity contribution < 1.29 is 14.6 Å². The highest BCUT2D eigenvalue weighted by Gasteiger charge is 2.25. The largest absolute Gasteiger partial charge is 0.479 e. The Hall–Kier alpha value is -3.42. The highest BCUT2D eigenvalue weighted by atomic mass is 35.5. The van der Waals surface area contributed by atoms with Crippen molar-refractivity contribution in [3.05, 3.63) is 98.7 Å². The van der Waals surface area contributed by atoms with Crippen LogP contribution in [0.2, 0.25) is 5.02 Å². The lowest BCUT2D eigenvalue weighted by molar-refractivity contribution is -0.139. The van der Waals surface area contributed by atoms with Gasteiger partial charge in [-0.2, -0.15) is 0 Å². The Morgan fingerprint density at radius 1 is 1.15 bits per heavy atom. The summed E-state index contributed by atoms with van der Waals surface area (Å²) in [6.45, 7) is 3.01. The topological polar surface area (TPSA) is 84.7 Å². The average molecular weight is 464 g/mol. The molecule has 1 fully saturated rings. The van der Waals surface area contributed by atoms with Gasteiger partial charge in [0, 0.05) is 42.4 Å². The quantitative estimate of drug-likeness (QED) is 0.624. The van der Waals surface area contributed by atoms with E-state index in [1.165, 1.54) is 16.8 Å². The lowest BCUT2D eigenvalue weighted by atomic mass is 10.0. The summed E-state index contributed by atoms with van der Waals surface area (Å²) in [7, 11) is 0. The molecular formula is C25H22ClN3O4. The molecule has 8 heteroatoms. The molecule has 168 valence electrons. The van der Waals surface area contributed by atoms with Gasteiger partial charge in [-0.3, -0.25) is 14.3 Å². The van der Waals surface area contributed by atoms with E-state index in [-0.39, 0.29) is 0 Å². The number of aliphatic carboxylic acids is 1. The number of allylic oxidation sites excluding steroid dienone is 1. The number of carbonyl (C=O) groups is 1. The molecule has 1 aliphatic carbocycles. The molecule has 5 rings (SSSR count). The SMILES string of the molecule is O=C(O)C(c1cccc(Cl)c1)n1ccc(C2=CCc3ncc(N4CCOCC4)cc32)cc1=O. The highest BCUT2D eigenvalue weighted by molar-refractivity contribution is 6.30. The van der Waals surface area contributed by atoms with Gasteiger partial charge in [-0.25, -0.2) is 4.79 Å². The Morgan fingerprint density at radius 3 is 2.70 bits per heavy atom. The zero-order chi connectivity index (χ0) is 22.9. The van der Waals surface area contributed by atoms with Crippen LogP contribution in [0.4, 0.5) is 5.69 Å². The second kappa shape index (κ2) is 8.84. The van der Waals surface area contributed by atoms with Gasteiger partial charge in [0.2, 0.25) is 0 Å². The zero-order valence-corrected chi connectivity index (χ0v) is 18.5. The third-order valence-corrected chi connectivity index (χ3v) is 6.29. The number of pyridine rings is 2. The first-order valence-corrected chi connectivity index (χ1v) is 11.1. The molecule has 1 atom stereocenters. The van der Waals surface area contributed by atoms with E-state index in [9.17, 15) is 14.7 Å². The molecule has 2 aliphatic rings. The zero-order valence-electron chi connectivity index (χ0n) is 17.8. The van der Waals surface area contributed by atoms with Crippen LogP contribution in [0.3, 0.4) is 0 Å². The van der Waals surface area contributed by atoms with E-state index in [4.69, 9.17) is 16.3 Å². The van der Waals surface area contributed by atoms with Crippen LogP contribution in [0.5, 0.6) is 0 Å². The van der Waals surface area contributed by atoms with Crippen molar-refractivity contribution in [2.45, 2.75) is 12.5 Å². The molecule has 1 unspecified atom stereocenters. The van der Waals surface area contributed by atoms with E-state index < -0.39 is 17.6 Å². The summed E-state index contributed by atoms with van der Waals surface area (Å²) in [4.78, 5) is 31.9. The lowest BCUT2D eigenvalue weighted by Crippen LogP contribution is -2.36. The van der Waals surface area contributed by atoms with Crippen LogP contribution in [0.25, 0.3) is 5.57 Å². The fourth-order valence-corrected chi connectivity index (χ4v) is 4.62. The minimum Gasteiger partial charge on any atom is -0.479 e. The molecule has 3 aromatic rings. The van der Waals surface area contributed by atoms with Crippen LogP contribution in [0, 0.1) is 0 Å². The van der Waals surface area contributed by atoms with E-state index in [1.54, 1.807) is 30.3 Å². The number of nitrogens with zero attached hydrogens (tertiary/aromatic N) is 3. The fraction of sp³-hybridized carbons (Fsp3) is 0.240. The maximum absolute atomic E-state index is 13.0. The number of anilines is 1. The molecular weight excluding hydrogens is 442 g/mol. The van der Waals surface area contributed by atoms with Crippen molar-refractivity contribution >= 4 is 28.8 Å². The Balaban J connectivity index is 1.49. The van der Waals surface area contributed by atoms with Gasteiger partial charge in [0.25, 0.3) is 5.56 Å². The smallest absolute Gasteiger partial charge is 0.331 e. The standard InChI is InChI=1S/C25H22ClN3O4/c26-18-3-1-2-17(12-18)24(25(31)32)29-7-6-16(13-23(29)30)20-4-5-22-21(20)14-19(15-27-22)28-8-10-33-11-9-28/h1-4,6-7,12-15,24H,5,8-11H2,(H,31,32). The molecule has 0 saturated carbocycles. The van der Waals surface area contributed by atoms with Gasteiger partial charge in [-0.05, 0) is 41.0 Å². The number of halogens is 1. The second-order valence-corrected chi connectivity index (χ2v) is 8.50. The van der Waals surface area contributed by atoms with Gasteiger partial charge in [-0.1, -0.05) is 29.8 Å². The number of aromatic nitrogens is 2. The van der Waals surface area contributed by atoms with Crippen LogP contribution >= 0.6 is 11.6 Å². The first kappa shape index (κ1) is 21.4. The van der Waals surface area contributed by atoms with Crippen molar-refractivity contribution in [2.75, 3.05) is 31.2 Å². The van der Waals surface area contributed by atoms with Crippen molar-refractivity contribution in [3.8, 4) is 0 Å². The van der Waals surface area contributed by atoms with Crippen LogP contribution in [0.15, 0.2) is 65.7 Å². The first-order valence-electron chi connectivity index (χ1n) is 10.7. The summed E-state index contributed by atoms with van der Waals surface area (Å²) in [5.41, 5.74) is 4.72. The summed E-state index contributed by atoms with van der Waals surface area (Å²) in [6.07, 6.45) is 6.18.